The first kappa shape index (κ1) is 25.9. The lowest BCUT2D eigenvalue weighted by Gasteiger charge is -2.19. The van der Waals surface area contributed by atoms with Crippen LogP contribution >= 0.6 is 11.6 Å². The number of methoxy groups -OCH3 is 1. The molecular weight excluding hydrogens is 510 g/mol. The fourth-order valence-corrected chi connectivity index (χ4v) is 4.46. The largest absolute Gasteiger partial charge is 0.495 e. The van der Waals surface area contributed by atoms with Crippen LogP contribution in [0.3, 0.4) is 0 Å². The Hall–Kier alpha value is -4.68. The van der Waals surface area contributed by atoms with Gasteiger partial charge in [-0.05, 0) is 47.0 Å². The van der Waals surface area contributed by atoms with E-state index in [1.54, 1.807) is 30.2 Å². The van der Waals surface area contributed by atoms with Gasteiger partial charge in [-0.25, -0.2) is 4.99 Å². The quantitative estimate of drug-likeness (QED) is 0.279. The molecule has 39 heavy (non-hydrogen) atoms. The number of rotatable bonds is 8. The number of carbonyl (C=O) groups is 2. The smallest absolute Gasteiger partial charge is 0.282 e. The van der Waals surface area contributed by atoms with Crippen LogP contribution in [-0.4, -0.2) is 24.8 Å². The number of nitrogens with one attached hydrogen (secondary N) is 1. The van der Waals surface area contributed by atoms with Crippen molar-refractivity contribution in [2.24, 2.45) is 4.99 Å². The lowest BCUT2D eigenvalue weighted by Crippen LogP contribution is -2.32. The molecule has 6 nitrogen and oxygen atoms in total. The Bertz CT molecular complexity index is 1550. The second-order valence-electron chi connectivity index (χ2n) is 8.97. The molecular formula is C32H26ClN3O3. The molecule has 194 valence electrons. The molecule has 5 rings (SSSR count). The molecule has 1 N–H and O–H groups in total. The molecule has 0 spiro atoms. The molecule has 0 unspecified atom stereocenters. The van der Waals surface area contributed by atoms with Crippen LogP contribution in [0, 0.1) is 0 Å². The van der Waals surface area contributed by atoms with Gasteiger partial charge in [0.1, 0.15) is 17.3 Å². The Labute approximate surface area is 232 Å². The van der Waals surface area contributed by atoms with Gasteiger partial charge in [0.25, 0.3) is 5.91 Å². The fraction of sp³-hybridized carbons (Fsp3) is 0.0938. The zero-order chi connectivity index (χ0) is 27.2. The van der Waals surface area contributed by atoms with E-state index in [4.69, 9.17) is 21.3 Å². The van der Waals surface area contributed by atoms with Crippen LogP contribution < -0.4 is 15.0 Å². The molecule has 0 aliphatic carbocycles. The average molecular weight is 536 g/mol. The van der Waals surface area contributed by atoms with Gasteiger partial charge < -0.3 is 10.1 Å². The summed E-state index contributed by atoms with van der Waals surface area (Å²) in [5, 5.41) is 3.43. The third-order valence-corrected chi connectivity index (χ3v) is 6.57. The third-order valence-electron chi connectivity index (χ3n) is 6.26. The monoisotopic (exact) mass is 535 g/mol. The summed E-state index contributed by atoms with van der Waals surface area (Å²) in [4.78, 5) is 32.4. The van der Waals surface area contributed by atoms with Crippen LogP contribution in [0.25, 0.3) is 6.08 Å². The minimum Gasteiger partial charge on any atom is -0.495 e. The number of anilines is 1. The topological polar surface area (TPSA) is 71.0 Å². The molecule has 0 radical (unpaired) electrons. The van der Waals surface area contributed by atoms with Crippen molar-refractivity contribution < 1.29 is 14.3 Å². The lowest BCUT2D eigenvalue weighted by molar-refractivity contribution is -0.120. The van der Waals surface area contributed by atoms with Gasteiger partial charge in [-0.2, -0.15) is 0 Å². The molecule has 0 saturated heterocycles. The average Bonchev–Trinajstić information content (AvgIpc) is 3.29. The van der Waals surface area contributed by atoms with E-state index in [9.17, 15) is 9.59 Å². The minimum absolute atomic E-state index is 0.0704. The van der Waals surface area contributed by atoms with E-state index in [2.05, 4.69) is 5.32 Å². The van der Waals surface area contributed by atoms with Crippen LogP contribution in [-0.2, 0) is 22.6 Å². The van der Waals surface area contributed by atoms with Gasteiger partial charge in [-0.15, -0.1) is 0 Å². The number of ether oxygens (including phenoxy) is 1. The predicted molar refractivity (Wildman–Crippen MR) is 155 cm³/mol. The molecule has 4 aromatic rings. The molecule has 0 atom stereocenters. The summed E-state index contributed by atoms with van der Waals surface area (Å²) in [7, 11) is 1.54. The Morgan fingerprint density at radius 2 is 1.62 bits per heavy atom. The number of halogens is 1. The van der Waals surface area contributed by atoms with Gasteiger partial charge in [0, 0.05) is 12.1 Å². The Morgan fingerprint density at radius 3 is 2.31 bits per heavy atom. The number of hydrogen-bond acceptors (Lipinski definition) is 4. The van der Waals surface area contributed by atoms with Crippen molar-refractivity contribution in [2.75, 3.05) is 12.0 Å². The fourth-order valence-electron chi connectivity index (χ4n) is 4.27. The summed E-state index contributed by atoms with van der Waals surface area (Å²) in [6.07, 6.45) is 1.96. The lowest BCUT2D eigenvalue weighted by atomic mass is 10.1. The van der Waals surface area contributed by atoms with Gasteiger partial charge in [0.15, 0.2) is 0 Å². The van der Waals surface area contributed by atoms with Gasteiger partial charge in [-0.3, -0.25) is 14.5 Å². The summed E-state index contributed by atoms with van der Waals surface area (Å²) >= 11 is 6.16. The number of carbonyl (C=O) groups excluding carboxylic acids is 2. The van der Waals surface area contributed by atoms with Crippen LogP contribution in [0.1, 0.15) is 22.3 Å². The maximum Gasteiger partial charge on any atom is 0.282 e. The van der Waals surface area contributed by atoms with Crippen molar-refractivity contribution >= 4 is 41.0 Å². The van der Waals surface area contributed by atoms with E-state index in [-0.39, 0.29) is 18.2 Å². The molecule has 1 aliphatic heterocycles. The van der Waals surface area contributed by atoms with Crippen molar-refractivity contribution in [3.63, 3.8) is 0 Å². The highest BCUT2D eigenvalue weighted by Gasteiger charge is 2.32. The highest BCUT2D eigenvalue weighted by molar-refractivity contribution is 6.33. The van der Waals surface area contributed by atoms with Crippen molar-refractivity contribution in [1.82, 2.24) is 5.32 Å². The number of benzene rings is 4. The van der Waals surface area contributed by atoms with Crippen molar-refractivity contribution in [1.29, 1.82) is 0 Å². The second kappa shape index (κ2) is 11.8. The molecule has 4 aromatic carbocycles. The normalized spacial score (nSPS) is 13.9. The number of amidine groups is 1. The number of hydrogen-bond donors (Lipinski definition) is 1. The number of nitrogens with zero attached hydrogens (tertiary/aromatic N) is 2. The highest BCUT2D eigenvalue weighted by atomic mass is 35.5. The predicted octanol–water partition coefficient (Wildman–Crippen LogP) is 6.04. The standard InChI is InChI=1S/C32H26ClN3O3/c1-39-29-19-24(14-17-27(29)33)18-28-32(38)36(31(35-28)25-10-6-3-7-11-25)26-15-12-22(13-16-26)20-30(37)34-21-23-8-4-2-5-9-23/h2-19H,20-21H2,1H3,(H,34,37)/b28-18-. The summed E-state index contributed by atoms with van der Waals surface area (Å²) in [5.74, 6) is 0.722. The first-order chi connectivity index (χ1) is 19.0. The molecule has 1 heterocycles. The molecule has 1 aliphatic rings. The van der Waals surface area contributed by atoms with E-state index in [0.29, 0.717) is 34.5 Å². The van der Waals surface area contributed by atoms with Crippen molar-refractivity contribution in [2.45, 2.75) is 13.0 Å². The van der Waals surface area contributed by atoms with Gasteiger partial charge in [0.05, 0.1) is 24.2 Å². The van der Waals surface area contributed by atoms with Crippen LogP contribution in [0.4, 0.5) is 5.69 Å². The van der Waals surface area contributed by atoms with E-state index >= 15 is 0 Å². The van der Waals surface area contributed by atoms with E-state index < -0.39 is 0 Å². The van der Waals surface area contributed by atoms with Gasteiger partial charge >= 0.3 is 0 Å². The maximum absolute atomic E-state index is 13.6. The Morgan fingerprint density at radius 1 is 0.923 bits per heavy atom. The number of aliphatic imine (C=N–C) groups is 1. The van der Waals surface area contributed by atoms with E-state index in [1.807, 2.05) is 91.0 Å². The van der Waals surface area contributed by atoms with E-state index in [0.717, 1.165) is 22.3 Å². The summed E-state index contributed by atoms with van der Waals surface area (Å²) < 4.78 is 5.31. The van der Waals surface area contributed by atoms with Crippen molar-refractivity contribution in [3.05, 3.63) is 136 Å². The Balaban J connectivity index is 1.37. The molecule has 0 fully saturated rings. The molecule has 0 aromatic heterocycles. The van der Waals surface area contributed by atoms with E-state index in [1.165, 1.54) is 0 Å². The van der Waals surface area contributed by atoms with Crippen LogP contribution in [0.5, 0.6) is 5.75 Å². The molecule has 7 heteroatoms. The number of amides is 2. The first-order valence-electron chi connectivity index (χ1n) is 12.4. The Kier molecular flexibility index (Phi) is 7.85. The zero-order valence-electron chi connectivity index (χ0n) is 21.3. The SMILES string of the molecule is COc1cc(/C=C2\N=C(c3ccccc3)N(c3ccc(CC(=O)NCc4ccccc4)cc3)C2=O)ccc1Cl. The molecule has 2 amide bonds. The molecule has 0 saturated carbocycles. The van der Waals surface area contributed by atoms with Crippen molar-refractivity contribution in [3.8, 4) is 5.75 Å². The minimum atomic E-state index is -0.254. The first-order valence-corrected chi connectivity index (χ1v) is 12.8. The summed E-state index contributed by atoms with van der Waals surface area (Å²) in [6.45, 7) is 0.478. The van der Waals surface area contributed by atoms with Gasteiger partial charge in [-0.1, -0.05) is 90.5 Å². The van der Waals surface area contributed by atoms with Gasteiger partial charge in [0.2, 0.25) is 5.91 Å². The second-order valence-corrected chi connectivity index (χ2v) is 9.38. The van der Waals surface area contributed by atoms with Crippen LogP contribution in [0.15, 0.2) is 114 Å². The zero-order valence-corrected chi connectivity index (χ0v) is 22.1. The summed E-state index contributed by atoms with van der Waals surface area (Å²) in [5.41, 5.74) is 4.40. The van der Waals surface area contributed by atoms with Crippen LogP contribution in [0.2, 0.25) is 5.02 Å². The summed E-state index contributed by atoms with van der Waals surface area (Å²) in [6, 6.07) is 32.0. The highest BCUT2D eigenvalue weighted by Crippen LogP contribution is 2.30. The maximum atomic E-state index is 13.6. The third kappa shape index (κ3) is 6.08. The molecule has 0 bridgehead atoms.